The van der Waals surface area contributed by atoms with E-state index in [0.717, 1.165) is 5.56 Å². The van der Waals surface area contributed by atoms with Gasteiger partial charge in [-0.25, -0.2) is 4.39 Å². The standard InChI is InChI=1S/C15H16FNO2/c1-10(17)14-8-12(16)5-6-15(14)19-13-4-2-3-11(7-13)9-18/h2-8,10,18H,9,17H2,1H3/t10-/m0/s1. The molecule has 0 aromatic heterocycles. The molecule has 0 bridgehead atoms. The van der Waals surface area contributed by atoms with Crippen molar-refractivity contribution in [2.75, 3.05) is 0 Å². The minimum Gasteiger partial charge on any atom is -0.457 e. The largest absolute Gasteiger partial charge is 0.457 e. The molecule has 2 aromatic carbocycles. The average molecular weight is 261 g/mol. The van der Waals surface area contributed by atoms with E-state index in [0.29, 0.717) is 17.1 Å². The molecule has 0 saturated heterocycles. The summed E-state index contributed by atoms with van der Waals surface area (Å²) in [6.45, 7) is 1.71. The van der Waals surface area contributed by atoms with Gasteiger partial charge in [-0.1, -0.05) is 12.1 Å². The highest BCUT2D eigenvalue weighted by Crippen LogP contribution is 2.29. The molecule has 2 rings (SSSR count). The highest BCUT2D eigenvalue weighted by atomic mass is 19.1. The smallest absolute Gasteiger partial charge is 0.132 e. The first-order chi connectivity index (χ1) is 9.10. The van der Waals surface area contributed by atoms with Crippen molar-refractivity contribution in [3.8, 4) is 11.5 Å². The Balaban J connectivity index is 2.32. The molecule has 0 unspecified atom stereocenters. The van der Waals surface area contributed by atoms with E-state index in [9.17, 15) is 4.39 Å². The number of aliphatic hydroxyl groups is 1. The van der Waals surface area contributed by atoms with Crippen LogP contribution >= 0.6 is 0 Å². The van der Waals surface area contributed by atoms with Gasteiger partial charge in [-0.2, -0.15) is 0 Å². The zero-order valence-corrected chi connectivity index (χ0v) is 10.6. The fraction of sp³-hybridized carbons (Fsp3) is 0.200. The molecule has 0 aliphatic heterocycles. The minimum absolute atomic E-state index is 0.0548. The summed E-state index contributed by atoms with van der Waals surface area (Å²) in [4.78, 5) is 0. The van der Waals surface area contributed by atoms with Crippen molar-refractivity contribution < 1.29 is 14.2 Å². The highest BCUT2D eigenvalue weighted by Gasteiger charge is 2.10. The van der Waals surface area contributed by atoms with Gasteiger partial charge in [-0.05, 0) is 42.8 Å². The second-order valence-electron chi connectivity index (χ2n) is 4.38. The Hall–Kier alpha value is -1.91. The molecule has 100 valence electrons. The highest BCUT2D eigenvalue weighted by molar-refractivity contribution is 5.40. The molecule has 0 heterocycles. The number of halogens is 1. The normalized spacial score (nSPS) is 12.2. The average Bonchev–Trinajstić information content (AvgIpc) is 2.41. The molecule has 0 radical (unpaired) electrons. The molecule has 4 heteroatoms. The lowest BCUT2D eigenvalue weighted by atomic mass is 10.1. The van der Waals surface area contributed by atoms with Gasteiger partial charge in [0.25, 0.3) is 0 Å². The van der Waals surface area contributed by atoms with E-state index in [-0.39, 0.29) is 18.5 Å². The Morgan fingerprint density at radius 1 is 1.26 bits per heavy atom. The number of ether oxygens (including phenoxy) is 1. The zero-order valence-electron chi connectivity index (χ0n) is 10.6. The molecule has 1 atom stereocenters. The molecule has 0 amide bonds. The lowest BCUT2D eigenvalue weighted by molar-refractivity contribution is 0.281. The number of nitrogens with two attached hydrogens (primary N) is 1. The second kappa shape index (κ2) is 5.82. The molecule has 3 nitrogen and oxygen atoms in total. The Morgan fingerprint density at radius 2 is 2.05 bits per heavy atom. The van der Waals surface area contributed by atoms with Crippen molar-refractivity contribution in [2.45, 2.75) is 19.6 Å². The minimum atomic E-state index is -0.344. The molecular weight excluding hydrogens is 245 g/mol. The summed E-state index contributed by atoms with van der Waals surface area (Å²) in [5.41, 5.74) is 7.16. The van der Waals surface area contributed by atoms with E-state index in [4.69, 9.17) is 15.6 Å². The van der Waals surface area contributed by atoms with E-state index in [1.807, 2.05) is 0 Å². The first-order valence-electron chi connectivity index (χ1n) is 6.03. The van der Waals surface area contributed by atoms with Gasteiger partial charge in [-0.3, -0.25) is 0 Å². The van der Waals surface area contributed by atoms with Crippen LogP contribution in [0, 0.1) is 5.82 Å². The molecular formula is C15H16FNO2. The van der Waals surface area contributed by atoms with Crippen LogP contribution < -0.4 is 10.5 Å². The Labute approximate surface area is 111 Å². The van der Waals surface area contributed by atoms with E-state index in [1.54, 1.807) is 37.3 Å². The molecule has 0 spiro atoms. The molecule has 0 fully saturated rings. The first kappa shape index (κ1) is 13.5. The van der Waals surface area contributed by atoms with Gasteiger partial charge < -0.3 is 15.6 Å². The zero-order chi connectivity index (χ0) is 13.8. The summed E-state index contributed by atoms with van der Waals surface area (Å²) in [5.74, 6) is 0.760. The van der Waals surface area contributed by atoms with Crippen molar-refractivity contribution in [1.29, 1.82) is 0 Å². The van der Waals surface area contributed by atoms with E-state index < -0.39 is 0 Å². The summed E-state index contributed by atoms with van der Waals surface area (Å²) in [6, 6.07) is 11.0. The molecule has 0 aliphatic carbocycles. The van der Waals surface area contributed by atoms with Crippen LogP contribution in [0.25, 0.3) is 0 Å². The third-order valence-corrected chi connectivity index (χ3v) is 2.77. The van der Waals surface area contributed by atoms with Crippen molar-refractivity contribution >= 4 is 0 Å². The van der Waals surface area contributed by atoms with Crippen LogP contribution in [0.1, 0.15) is 24.1 Å². The lowest BCUT2D eigenvalue weighted by Crippen LogP contribution is -2.07. The summed E-state index contributed by atoms with van der Waals surface area (Å²) >= 11 is 0. The molecule has 19 heavy (non-hydrogen) atoms. The summed E-state index contributed by atoms with van der Waals surface area (Å²) in [6.07, 6.45) is 0. The van der Waals surface area contributed by atoms with Crippen molar-refractivity contribution in [3.63, 3.8) is 0 Å². The maximum absolute atomic E-state index is 13.2. The van der Waals surface area contributed by atoms with E-state index in [1.165, 1.54) is 12.1 Å². The van der Waals surface area contributed by atoms with Gasteiger partial charge in [0.2, 0.25) is 0 Å². The molecule has 2 aromatic rings. The van der Waals surface area contributed by atoms with Gasteiger partial charge in [0.1, 0.15) is 17.3 Å². The van der Waals surface area contributed by atoms with Crippen molar-refractivity contribution in [1.82, 2.24) is 0 Å². The quantitative estimate of drug-likeness (QED) is 0.889. The number of hydrogen-bond donors (Lipinski definition) is 2. The topological polar surface area (TPSA) is 55.5 Å². The Bertz CT molecular complexity index is 570. The third-order valence-electron chi connectivity index (χ3n) is 2.77. The monoisotopic (exact) mass is 261 g/mol. The van der Waals surface area contributed by atoms with Gasteiger partial charge >= 0.3 is 0 Å². The van der Waals surface area contributed by atoms with Crippen LogP contribution in [-0.4, -0.2) is 5.11 Å². The third kappa shape index (κ3) is 3.30. The van der Waals surface area contributed by atoms with Crippen LogP contribution in [0.5, 0.6) is 11.5 Å². The van der Waals surface area contributed by atoms with Gasteiger partial charge in [0.05, 0.1) is 6.61 Å². The van der Waals surface area contributed by atoms with Crippen LogP contribution in [0.2, 0.25) is 0 Å². The number of hydrogen-bond acceptors (Lipinski definition) is 3. The molecule has 0 aliphatic rings. The Morgan fingerprint density at radius 3 is 2.74 bits per heavy atom. The summed E-state index contributed by atoms with van der Waals surface area (Å²) < 4.78 is 18.9. The summed E-state index contributed by atoms with van der Waals surface area (Å²) in [5, 5.41) is 9.08. The number of benzene rings is 2. The first-order valence-corrected chi connectivity index (χ1v) is 6.03. The number of aliphatic hydroxyl groups excluding tert-OH is 1. The van der Waals surface area contributed by atoms with Crippen LogP contribution in [0.4, 0.5) is 4.39 Å². The SMILES string of the molecule is C[C@H](N)c1cc(F)ccc1Oc1cccc(CO)c1. The predicted molar refractivity (Wildman–Crippen MR) is 71.4 cm³/mol. The van der Waals surface area contributed by atoms with Gasteiger partial charge in [-0.15, -0.1) is 0 Å². The Kier molecular flexibility index (Phi) is 4.14. The maximum atomic E-state index is 13.2. The predicted octanol–water partition coefficient (Wildman–Crippen LogP) is 3.13. The number of rotatable bonds is 4. The fourth-order valence-corrected chi connectivity index (χ4v) is 1.80. The van der Waals surface area contributed by atoms with Crippen LogP contribution in [-0.2, 0) is 6.61 Å². The molecule has 3 N–H and O–H groups in total. The van der Waals surface area contributed by atoms with Crippen LogP contribution in [0.3, 0.4) is 0 Å². The molecule has 0 saturated carbocycles. The van der Waals surface area contributed by atoms with E-state index >= 15 is 0 Å². The van der Waals surface area contributed by atoms with Gasteiger partial charge in [0.15, 0.2) is 0 Å². The van der Waals surface area contributed by atoms with Crippen molar-refractivity contribution in [2.24, 2.45) is 5.73 Å². The fourth-order valence-electron chi connectivity index (χ4n) is 1.80. The maximum Gasteiger partial charge on any atom is 0.132 e. The van der Waals surface area contributed by atoms with Gasteiger partial charge in [0, 0.05) is 11.6 Å². The van der Waals surface area contributed by atoms with Crippen molar-refractivity contribution in [3.05, 3.63) is 59.4 Å². The summed E-state index contributed by atoms with van der Waals surface area (Å²) in [7, 11) is 0. The van der Waals surface area contributed by atoms with Crippen LogP contribution in [0.15, 0.2) is 42.5 Å². The lowest BCUT2D eigenvalue weighted by Gasteiger charge is -2.14. The second-order valence-corrected chi connectivity index (χ2v) is 4.38. The van der Waals surface area contributed by atoms with E-state index in [2.05, 4.69) is 0 Å².